The van der Waals surface area contributed by atoms with Crippen molar-refractivity contribution in [2.45, 2.75) is 25.1 Å². The third-order valence-corrected chi connectivity index (χ3v) is 4.90. The molecule has 4 nitrogen and oxygen atoms in total. The van der Waals surface area contributed by atoms with E-state index < -0.39 is 0 Å². The minimum Gasteiger partial charge on any atom is -0.497 e. The minimum absolute atomic E-state index is 0.0398. The van der Waals surface area contributed by atoms with Gasteiger partial charge < -0.3 is 14.8 Å². The first-order valence-electron chi connectivity index (χ1n) is 8.27. The largest absolute Gasteiger partial charge is 0.497 e. The second kappa shape index (κ2) is 9.99. The number of hydrogen-bond donors (Lipinski definition) is 1. The number of rotatable bonds is 9. The molecule has 2 aromatic rings. The van der Waals surface area contributed by atoms with E-state index in [1.54, 1.807) is 26.0 Å². The Morgan fingerprint density at radius 1 is 1.12 bits per heavy atom. The smallest absolute Gasteiger partial charge is 0.221 e. The average Bonchev–Trinajstić information content (AvgIpc) is 2.65. The van der Waals surface area contributed by atoms with Crippen molar-refractivity contribution >= 4 is 17.7 Å². The number of benzene rings is 2. The molecule has 0 fully saturated rings. The molecule has 0 bridgehead atoms. The molecule has 2 rings (SSSR count). The quantitative estimate of drug-likeness (QED) is 0.682. The molecule has 134 valence electrons. The summed E-state index contributed by atoms with van der Waals surface area (Å²) in [6, 6.07) is 15.7. The first-order chi connectivity index (χ1) is 12.1. The number of hydrogen-bond acceptors (Lipinski definition) is 4. The molecule has 0 radical (unpaired) electrons. The van der Waals surface area contributed by atoms with Crippen LogP contribution in [-0.2, 0) is 10.5 Å². The van der Waals surface area contributed by atoms with Gasteiger partial charge in [0.1, 0.15) is 11.5 Å². The Hall–Kier alpha value is -2.14. The Morgan fingerprint density at radius 3 is 2.56 bits per heavy atom. The third-order valence-electron chi connectivity index (χ3n) is 3.87. The highest BCUT2D eigenvalue weighted by molar-refractivity contribution is 7.98. The van der Waals surface area contributed by atoms with Crippen LogP contribution < -0.4 is 14.8 Å². The summed E-state index contributed by atoms with van der Waals surface area (Å²) < 4.78 is 10.6. The van der Waals surface area contributed by atoms with Crippen molar-refractivity contribution < 1.29 is 14.3 Å². The van der Waals surface area contributed by atoms with E-state index in [1.165, 1.54) is 5.56 Å². The van der Waals surface area contributed by atoms with Crippen molar-refractivity contribution in [1.82, 2.24) is 5.32 Å². The molecule has 0 aliphatic carbocycles. The first kappa shape index (κ1) is 19.2. The van der Waals surface area contributed by atoms with Crippen molar-refractivity contribution in [3.05, 3.63) is 59.7 Å². The van der Waals surface area contributed by atoms with Gasteiger partial charge in [-0.25, -0.2) is 0 Å². The van der Waals surface area contributed by atoms with E-state index in [0.717, 1.165) is 28.6 Å². The van der Waals surface area contributed by atoms with Crippen LogP contribution in [0.15, 0.2) is 48.5 Å². The van der Waals surface area contributed by atoms with Gasteiger partial charge in [-0.1, -0.05) is 30.3 Å². The van der Waals surface area contributed by atoms with Crippen LogP contribution in [0, 0.1) is 0 Å². The van der Waals surface area contributed by atoms with Crippen molar-refractivity contribution in [2.75, 3.05) is 20.0 Å². The van der Waals surface area contributed by atoms with E-state index in [2.05, 4.69) is 17.4 Å². The average molecular weight is 359 g/mol. The molecule has 5 heteroatoms. The standard InChI is InChI=1S/C20H25NO3S/c1-15(18-13-17(23-2)9-10-19(18)24-3)21-20(22)11-12-25-14-16-7-5-4-6-8-16/h4-10,13,15H,11-12,14H2,1-3H3,(H,21,22)/t15-/m0/s1. The molecule has 0 aliphatic rings. The lowest BCUT2D eigenvalue weighted by Crippen LogP contribution is -2.27. The monoisotopic (exact) mass is 359 g/mol. The van der Waals surface area contributed by atoms with E-state index in [1.807, 2.05) is 43.3 Å². The molecule has 0 saturated carbocycles. The van der Waals surface area contributed by atoms with E-state index >= 15 is 0 Å². The van der Waals surface area contributed by atoms with E-state index in [9.17, 15) is 4.79 Å². The number of carbonyl (C=O) groups is 1. The van der Waals surface area contributed by atoms with Gasteiger partial charge in [-0.3, -0.25) is 4.79 Å². The van der Waals surface area contributed by atoms with Crippen LogP contribution in [0.25, 0.3) is 0 Å². The summed E-state index contributed by atoms with van der Waals surface area (Å²) in [5.41, 5.74) is 2.19. The Morgan fingerprint density at radius 2 is 1.88 bits per heavy atom. The van der Waals surface area contributed by atoms with Crippen molar-refractivity contribution in [3.8, 4) is 11.5 Å². The molecule has 1 N–H and O–H groups in total. The lowest BCUT2D eigenvalue weighted by molar-refractivity contribution is -0.121. The second-order valence-corrected chi connectivity index (χ2v) is 6.79. The van der Waals surface area contributed by atoms with Crippen LogP contribution in [0.1, 0.15) is 30.5 Å². The predicted molar refractivity (Wildman–Crippen MR) is 103 cm³/mol. The summed E-state index contributed by atoms with van der Waals surface area (Å²) in [7, 11) is 3.25. The zero-order chi connectivity index (χ0) is 18.1. The van der Waals surface area contributed by atoms with Crippen LogP contribution in [0.2, 0.25) is 0 Å². The van der Waals surface area contributed by atoms with Gasteiger partial charge in [0.25, 0.3) is 0 Å². The van der Waals surface area contributed by atoms with Gasteiger partial charge in [-0.05, 0) is 30.7 Å². The van der Waals surface area contributed by atoms with E-state index in [-0.39, 0.29) is 11.9 Å². The lowest BCUT2D eigenvalue weighted by atomic mass is 10.1. The molecule has 0 aromatic heterocycles. The van der Waals surface area contributed by atoms with Crippen molar-refractivity contribution in [2.24, 2.45) is 0 Å². The summed E-state index contributed by atoms with van der Waals surface area (Å²) in [6.07, 6.45) is 0.494. The minimum atomic E-state index is -0.142. The Balaban J connectivity index is 1.81. The molecular weight excluding hydrogens is 334 g/mol. The van der Waals surface area contributed by atoms with Crippen LogP contribution in [0.3, 0.4) is 0 Å². The molecule has 0 unspecified atom stereocenters. The van der Waals surface area contributed by atoms with E-state index in [4.69, 9.17) is 9.47 Å². The Bertz CT molecular complexity index is 676. The molecular formula is C20H25NO3S. The topological polar surface area (TPSA) is 47.6 Å². The SMILES string of the molecule is COc1ccc(OC)c([C@H](C)NC(=O)CCSCc2ccccc2)c1. The van der Waals surface area contributed by atoms with E-state index in [0.29, 0.717) is 6.42 Å². The van der Waals surface area contributed by atoms with Gasteiger partial charge in [0.15, 0.2) is 0 Å². The Labute approximate surface area is 153 Å². The fourth-order valence-corrected chi connectivity index (χ4v) is 3.40. The number of methoxy groups -OCH3 is 2. The maximum absolute atomic E-state index is 12.2. The van der Waals surface area contributed by atoms with Gasteiger partial charge in [-0.2, -0.15) is 11.8 Å². The third kappa shape index (κ3) is 6.02. The lowest BCUT2D eigenvalue weighted by Gasteiger charge is -2.18. The summed E-state index contributed by atoms with van der Waals surface area (Å²) in [5.74, 6) is 3.25. The molecule has 1 amide bonds. The maximum atomic E-state index is 12.2. The molecule has 0 spiro atoms. The van der Waals surface area contributed by atoms with Crippen LogP contribution in [-0.4, -0.2) is 25.9 Å². The number of thioether (sulfide) groups is 1. The van der Waals surface area contributed by atoms with Crippen LogP contribution in [0.4, 0.5) is 0 Å². The maximum Gasteiger partial charge on any atom is 0.221 e. The number of nitrogens with one attached hydrogen (secondary N) is 1. The van der Waals surface area contributed by atoms with Gasteiger partial charge >= 0.3 is 0 Å². The first-order valence-corrected chi connectivity index (χ1v) is 9.42. The highest BCUT2D eigenvalue weighted by Crippen LogP contribution is 2.29. The fourth-order valence-electron chi connectivity index (χ4n) is 2.50. The number of amides is 1. The molecule has 2 aromatic carbocycles. The molecule has 0 saturated heterocycles. The normalized spacial score (nSPS) is 11.6. The van der Waals surface area contributed by atoms with Gasteiger partial charge in [0.2, 0.25) is 5.91 Å². The summed E-state index contributed by atoms with van der Waals surface area (Å²) in [5, 5.41) is 3.03. The zero-order valence-corrected chi connectivity index (χ0v) is 15.8. The highest BCUT2D eigenvalue weighted by atomic mass is 32.2. The summed E-state index contributed by atoms with van der Waals surface area (Å²) in [4.78, 5) is 12.2. The van der Waals surface area contributed by atoms with Crippen molar-refractivity contribution in [3.63, 3.8) is 0 Å². The molecule has 1 atom stereocenters. The number of ether oxygens (including phenoxy) is 2. The fraction of sp³-hybridized carbons (Fsp3) is 0.350. The molecule has 25 heavy (non-hydrogen) atoms. The van der Waals surface area contributed by atoms with Gasteiger partial charge in [-0.15, -0.1) is 0 Å². The Kier molecular flexibility index (Phi) is 7.67. The predicted octanol–water partition coefficient (Wildman–Crippen LogP) is 4.20. The zero-order valence-electron chi connectivity index (χ0n) is 15.0. The molecule has 0 heterocycles. The van der Waals surface area contributed by atoms with Crippen LogP contribution in [0.5, 0.6) is 11.5 Å². The van der Waals surface area contributed by atoms with Gasteiger partial charge in [0, 0.05) is 23.5 Å². The highest BCUT2D eigenvalue weighted by Gasteiger charge is 2.15. The summed E-state index contributed by atoms with van der Waals surface area (Å²) in [6.45, 7) is 1.95. The van der Waals surface area contributed by atoms with Crippen molar-refractivity contribution in [1.29, 1.82) is 0 Å². The van der Waals surface area contributed by atoms with Gasteiger partial charge in [0.05, 0.1) is 20.3 Å². The molecule has 0 aliphatic heterocycles. The van der Waals surface area contributed by atoms with Crippen LogP contribution >= 0.6 is 11.8 Å². The second-order valence-electron chi connectivity index (χ2n) is 5.69. The summed E-state index contributed by atoms with van der Waals surface area (Å²) >= 11 is 1.77. The number of carbonyl (C=O) groups excluding carboxylic acids is 1.